The fourth-order valence-electron chi connectivity index (χ4n) is 3.00. The van der Waals surface area contributed by atoms with Gasteiger partial charge in [0, 0.05) is 23.0 Å². The number of aromatic nitrogens is 3. The minimum Gasteiger partial charge on any atom is -0.497 e. The van der Waals surface area contributed by atoms with Crippen LogP contribution in [-0.4, -0.2) is 34.1 Å². The first-order valence-electron chi connectivity index (χ1n) is 9.63. The van der Waals surface area contributed by atoms with Crippen molar-refractivity contribution in [3.8, 4) is 17.0 Å². The first-order chi connectivity index (χ1) is 15.5. The van der Waals surface area contributed by atoms with Crippen LogP contribution in [0.5, 0.6) is 5.75 Å². The zero-order valence-corrected chi connectivity index (χ0v) is 18.1. The number of pyridine rings is 1. The van der Waals surface area contributed by atoms with Gasteiger partial charge in [0.15, 0.2) is 0 Å². The molecule has 2 amide bonds. The molecule has 0 aliphatic carbocycles. The van der Waals surface area contributed by atoms with Crippen molar-refractivity contribution < 1.29 is 14.3 Å². The second-order valence-electron chi connectivity index (χ2n) is 6.84. The summed E-state index contributed by atoms with van der Waals surface area (Å²) in [4.78, 5) is 29.5. The molecule has 2 aromatic heterocycles. The van der Waals surface area contributed by atoms with E-state index >= 15 is 0 Å². The van der Waals surface area contributed by atoms with Gasteiger partial charge in [-0.3, -0.25) is 19.9 Å². The van der Waals surface area contributed by atoms with Crippen molar-refractivity contribution in [1.29, 1.82) is 0 Å². The van der Waals surface area contributed by atoms with Gasteiger partial charge in [-0.05, 0) is 61.0 Å². The Morgan fingerprint density at radius 3 is 2.34 bits per heavy atom. The van der Waals surface area contributed by atoms with Gasteiger partial charge >= 0.3 is 0 Å². The van der Waals surface area contributed by atoms with Gasteiger partial charge in [0.05, 0.1) is 18.4 Å². The van der Waals surface area contributed by atoms with E-state index < -0.39 is 0 Å². The predicted octanol–water partition coefficient (Wildman–Crippen LogP) is 4.42. The monoisotopic (exact) mass is 445 g/mol. The molecule has 8 nitrogen and oxygen atoms in total. The Morgan fingerprint density at radius 2 is 1.69 bits per heavy atom. The molecule has 2 N–H and O–H groups in total. The third kappa shape index (κ3) is 4.79. The summed E-state index contributed by atoms with van der Waals surface area (Å²) in [6.07, 6.45) is 1.52. The van der Waals surface area contributed by atoms with Crippen molar-refractivity contribution in [3.63, 3.8) is 0 Å². The van der Waals surface area contributed by atoms with Crippen LogP contribution in [0.3, 0.4) is 0 Å². The summed E-state index contributed by atoms with van der Waals surface area (Å²) < 4.78 is 5.12. The smallest absolute Gasteiger partial charge is 0.257 e. The molecule has 0 spiro atoms. The van der Waals surface area contributed by atoms with Crippen LogP contribution in [0.2, 0.25) is 0 Å². The van der Waals surface area contributed by atoms with Crippen molar-refractivity contribution in [1.82, 2.24) is 15.2 Å². The normalized spacial score (nSPS) is 10.4. The summed E-state index contributed by atoms with van der Waals surface area (Å²) in [7, 11) is 1.59. The molecule has 0 unspecified atom stereocenters. The predicted molar refractivity (Wildman–Crippen MR) is 123 cm³/mol. The van der Waals surface area contributed by atoms with Crippen molar-refractivity contribution in [2.24, 2.45) is 0 Å². The first kappa shape index (κ1) is 21.1. The van der Waals surface area contributed by atoms with Gasteiger partial charge < -0.3 is 10.1 Å². The zero-order chi connectivity index (χ0) is 22.5. The largest absolute Gasteiger partial charge is 0.497 e. The highest BCUT2D eigenvalue weighted by molar-refractivity contribution is 7.13. The van der Waals surface area contributed by atoms with Crippen LogP contribution in [0.15, 0.2) is 66.3 Å². The minimum atomic E-state index is -0.279. The molecule has 0 atom stereocenters. The third-order valence-corrected chi connectivity index (χ3v) is 5.34. The molecule has 0 bridgehead atoms. The molecule has 0 radical (unpaired) electrons. The SMILES string of the molecule is COc1ccc(NC(=O)c2ccc(-c3cc(C(=O)Nc4nncs4)ccc3C)nc2)cc1. The van der Waals surface area contributed by atoms with E-state index in [1.807, 2.05) is 13.0 Å². The average Bonchev–Trinajstić information content (AvgIpc) is 3.33. The van der Waals surface area contributed by atoms with Crippen LogP contribution >= 0.6 is 11.3 Å². The first-order valence-corrected chi connectivity index (χ1v) is 10.5. The second-order valence-corrected chi connectivity index (χ2v) is 7.68. The number of carbonyl (C=O) groups is 2. The maximum Gasteiger partial charge on any atom is 0.257 e. The number of amides is 2. The molecule has 0 aliphatic rings. The lowest BCUT2D eigenvalue weighted by Gasteiger charge is -2.10. The average molecular weight is 446 g/mol. The Balaban J connectivity index is 1.50. The summed E-state index contributed by atoms with van der Waals surface area (Å²) in [5.41, 5.74) is 5.53. The van der Waals surface area contributed by atoms with Crippen molar-refractivity contribution >= 4 is 34.0 Å². The Hall–Kier alpha value is -4.11. The molecule has 0 aliphatic heterocycles. The molecule has 0 saturated heterocycles. The third-order valence-electron chi connectivity index (χ3n) is 4.73. The summed E-state index contributed by atoms with van der Waals surface area (Å²) in [5, 5.41) is 13.5. The van der Waals surface area contributed by atoms with Gasteiger partial charge in [0.1, 0.15) is 11.3 Å². The number of carbonyl (C=O) groups excluding carboxylic acids is 2. The summed E-state index contributed by atoms with van der Waals surface area (Å²) >= 11 is 1.25. The molecular weight excluding hydrogens is 426 g/mol. The topological polar surface area (TPSA) is 106 Å². The maximum absolute atomic E-state index is 12.5. The number of anilines is 2. The number of aryl methyl sites for hydroxylation is 1. The quantitative estimate of drug-likeness (QED) is 0.455. The fourth-order valence-corrected chi connectivity index (χ4v) is 3.44. The van der Waals surface area contributed by atoms with Crippen LogP contribution in [0.1, 0.15) is 26.3 Å². The second kappa shape index (κ2) is 9.36. The fraction of sp³-hybridized carbons (Fsp3) is 0.0870. The maximum atomic E-state index is 12.5. The lowest BCUT2D eigenvalue weighted by atomic mass is 10.0. The Kier molecular flexibility index (Phi) is 6.18. The van der Waals surface area contributed by atoms with Gasteiger partial charge in [-0.1, -0.05) is 17.4 Å². The van der Waals surface area contributed by atoms with Crippen LogP contribution in [-0.2, 0) is 0 Å². The number of hydrogen-bond acceptors (Lipinski definition) is 7. The van der Waals surface area contributed by atoms with Gasteiger partial charge in [-0.25, -0.2) is 0 Å². The van der Waals surface area contributed by atoms with E-state index in [1.54, 1.807) is 61.2 Å². The van der Waals surface area contributed by atoms with E-state index in [0.29, 0.717) is 33.4 Å². The highest BCUT2D eigenvalue weighted by atomic mass is 32.1. The van der Waals surface area contributed by atoms with Crippen LogP contribution < -0.4 is 15.4 Å². The summed E-state index contributed by atoms with van der Waals surface area (Å²) in [6.45, 7) is 1.94. The number of ether oxygens (including phenoxy) is 1. The summed E-state index contributed by atoms with van der Waals surface area (Å²) in [5.74, 6) is 0.165. The highest BCUT2D eigenvalue weighted by Gasteiger charge is 2.13. The van der Waals surface area contributed by atoms with E-state index in [9.17, 15) is 9.59 Å². The van der Waals surface area contributed by atoms with Gasteiger partial charge in [0.25, 0.3) is 11.8 Å². The zero-order valence-electron chi connectivity index (χ0n) is 17.3. The standard InChI is InChI=1S/C23H19N5O3S/c1-14-3-4-15(21(29)27-23-28-25-13-32-23)11-19(14)20-10-5-16(12-24-20)22(30)26-17-6-8-18(31-2)9-7-17/h3-13H,1-2H3,(H,26,30)(H,27,28,29). The van der Waals surface area contributed by atoms with Gasteiger partial charge in [0.2, 0.25) is 5.13 Å². The summed E-state index contributed by atoms with van der Waals surface area (Å²) in [6, 6.07) is 15.9. The van der Waals surface area contributed by atoms with Crippen molar-refractivity contribution in [2.75, 3.05) is 17.7 Å². The molecular formula is C23H19N5O3S. The molecule has 0 fully saturated rings. The minimum absolute atomic E-state index is 0.267. The molecule has 32 heavy (non-hydrogen) atoms. The van der Waals surface area contributed by atoms with Crippen LogP contribution in [0.25, 0.3) is 11.3 Å². The van der Waals surface area contributed by atoms with E-state index in [0.717, 1.165) is 11.1 Å². The van der Waals surface area contributed by atoms with Crippen LogP contribution in [0.4, 0.5) is 10.8 Å². The van der Waals surface area contributed by atoms with E-state index in [4.69, 9.17) is 4.74 Å². The highest BCUT2D eigenvalue weighted by Crippen LogP contribution is 2.24. The molecule has 4 rings (SSSR count). The molecule has 9 heteroatoms. The van der Waals surface area contributed by atoms with Crippen molar-refractivity contribution in [3.05, 3.63) is 83.0 Å². The molecule has 160 valence electrons. The number of benzene rings is 2. The molecule has 2 heterocycles. The van der Waals surface area contributed by atoms with Crippen molar-refractivity contribution in [2.45, 2.75) is 6.92 Å². The Labute approximate surface area is 188 Å². The Bertz CT molecular complexity index is 1240. The van der Waals surface area contributed by atoms with Crippen LogP contribution in [0, 0.1) is 6.92 Å². The molecule has 2 aromatic carbocycles. The van der Waals surface area contributed by atoms with E-state index in [-0.39, 0.29) is 11.8 Å². The Morgan fingerprint density at radius 1 is 0.938 bits per heavy atom. The molecule has 0 saturated carbocycles. The van der Waals surface area contributed by atoms with Gasteiger partial charge in [-0.2, -0.15) is 0 Å². The molecule has 4 aromatic rings. The lowest BCUT2D eigenvalue weighted by molar-refractivity contribution is 0.101. The number of nitrogens with one attached hydrogen (secondary N) is 2. The van der Waals surface area contributed by atoms with E-state index in [2.05, 4.69) is 25.8 Å². The number of rotatable bonds is 6. The lowest BCUT2D eigenvalue weighted by Crippen LogP contribution is -2.12. The van der Waals surface area contributed by atoms with Gasteiger partial charge in [-0.15, -0.1) is 10.2 Å². The number of methoxy groups -OCH3 is 1. The van der Waals surface area contributed by atoms with E-state index in [1.165, 1.54) is 17.5 Å². The number of hydrogen-bond donors (Lipinski definition) is 2. The number of nitrogens with zero attached hydrogens (tertiary/aromatic N) is 3.